The minimum atomic E-state index is -0.701. The van der Waals surface area contributed by atoms with Crippen molar-refractivity contribution in [2.24, 2.45) is 0 Å². The Bertz CT molecular complexity index is 5470. The zero-order chi connectivity index (χ0) is 78.6. The number of para-hydroxylation sites is 1. The summed E-state index contributed by atoms with van der Waals surface area (Å²) in [6.45, 7) is 30.5. The van der Waals surface area contributed by atoms with Crippen molar-refractivity contribution >= 4 is 113 Å². The Kier molecular flexibility index (Phi) is 41.7. The number of pyridine rings is 5. The zero-order valence-electron chi connectivity index (χ0n) is 66.3. The van der Waals surface area contributed by atoms with Crippen LogP contribution in [0.4, 0.5) is 8.78 Å². The van der Waals surface area contributed by atoms with Crippen molar-refractivity contribution in [2.75, 3.05) is 105 Å². The standard InChI is InChI=1S/C15H10N.C14H8N5.C13H7F2N2.C12H9N4.C10H6N5.C10H16P2.2C6H16P2.4Os/c1-2-6-12-10-14(11-13(12)7-3-1)15-8-4-5-9-16-15;1-2-4-10-6-16-11(5-9(10)3-1)14-18-12-7-15-8-17-13(12)19-14;14-9-6-10(15)13(16-7-9)12-5-8-3-1-2-4-11(8)17-12;1-8-14-12(16-15-8)11-10-5-3-2-4-9(10)6-7-13-11;1-2-4-12-7(3-1)10-14-8-5-11-6-13-9(8)15-10;1-11(2)9-7-5-6-8-10(9)12(3)4;2*1-7(2)5-6-8(3)4;;;;/h1-10H;1-8H;1-7H;2-7H,1H3;1-6H;5-8H,1-4H3;2*5-6H2,1-4H3;;;;/q5*-1;;;;3*+1;+2/p+6. The van der Waals surface area contributed by atoms with Crippen molar-refractivity contribution < 1.29 is 87.9 Å². The molecule has 15 aromatic rings. The second-order valence-electron chi connectivity index (χ2n) is 27.5. The molecular weight excluding hydrogens is 2260 g/mol. The number of aromatic nitrogens is 17. The maximum Gasteiger partial charge on any atom is 2.00 e. The number of benzene rings is 4. The molecule has 17 nitrogen and oxygen atoms in total. The third-order valence-electron chi connectivity index (χ3n) is 16.8. The minimum Gasteiger partial charge on any atom is -0.656 e. The second kappa shape index (κ2) is 49.7. The molecule has 0 saturated carbocycles. The normalized spacial score (nSPS) is 10.5. The molecule has 115 heavy (non-hydrogen) atoms. The van der Waals surface area contributed by atoms with Gasteiger partial charge in [-0.2, -0.15) is 0 Å². The van der Waals surface area contributed by atoms with Crippen molar-refractivity contribution in [3.63, 3.8) is 0 Å². The van der Waals surface area contributed by atoms with Crippen LogP contribution >= 0.6 is 47.5 Å². The van der Waals surface area contributed by atoms with Gasteiger partial charge in [-0.3, -0.25) is 30.0 Å². The van der Waals surface area contributed by atoms with E-state index in [1.807, 2.05) is 153 Å². The first-order valence-electron chi connectivity index (χ1n) is 36.4. The Morgan fingerprint density at radius 2 is 0.904 bits per heavy atom. The molecule has 0 saturated heterocycles. The molecule has 0 fully saturated rings. The van der Waals surface area contributed by atoms with Crippen LogP contribution < -0.4 is 30.7 Å². The maximum atomic E-state index is 13.5. The zero-order valence-corrected chi connectivity index (χ0v) is 82.4. The summed E-state index contributed by atoms with van der Waals surface area (Å²) in [6, 6.07) is 66.3. The first-order valence-corrected chi connectivity index (χ1v) is 52.2. The average Bonchev–Trinajstić information content (AvgIpc) is 1.79. The molecule has 2 aliphatic rings. The number of hydrogen-bond acceptors (Lipinski definition) is 13. The first-order chi connectivity index (χ1) is 53.7. The van der Waals surface area contributed by atoms with Crippen molar-refractivity contribution in [1.29, 1.82) is 0 Å². The van der Waals surface area contributed by atoms with Crippen LogP contribution in [-0.2, 0) is 79.2 Å². The van der Waals surface area contributed by atoms with E-state index < -0.39 is 11.6 Å². The average molecular weight is 2350 g/mol. The molecule has 2 aliphatic carbocycles. The van der Waals surface area contributed by atoms with E-state index >= 15 is 0 Å². The summed E-state index contributed by atoms with van der Waals surface area (Å²) in [4.78, 5) is 62.7. The molecule has 11 aromatic heterocycles. The molecule has 0 bridgehead atoms. The van der Waals surface area contributed by atoms with Gasteiger partial charge in [-0.1, -0.05) is 133 Å². The van der Waals surface area contributed by atoms with Gasteiger partial charge in [-0.25, -0.2) is 28.7 Å². The number of aryl methyl sites for hydroxylation is 1. The molecule has 593 valence electrons. The summed E-state index contributed by atoms with van der Waals surface area (Å²) in [7, 11) is -0.140. The Morgan fingerprint density at radius 3 is 1.44 bits per heavy atom. The maximum absolute atomic E-state index is 13.5. The quantitative estimate of drug-likeness (QED) is 0.0773. The molecule has 3 radical (unpaired) electrons. The van der Waals surface area contributed by atoms with Gasteiger partial charge in [0, 0.05) is 135 Å². The summed E-state index contributed by atoms with van der Waals surface area (Å²) >= 11 is 0. The topological polar surface area (TPSA) is 224 Å². The molecule has 0 amide bonds. The van der Waals surface area contributed by atoms with E-state index in [-0.39, 0.29) is 132 Å². The number of rotatable bonds is 13. The van der Waals surface area contributed by atoms with Gasteiger partial charge < -0.3 is 35.0 Å². The predicted octanol–water partition coefficient (Wildman–Crippen LogP) is 17.7. The number of fused-ring (bicyclic) bond motifs is 6. The van der Waals surface area contributed by atoms with Crippen LogP contribution in [-0.4, -0.2) is 170 Å². The van der Waals surface area contributed by atoms with Crippen LogP contribution in [0.1, 0.15) is 5.82 Å². The Hall–Kier alpha value is -7.38. The van der Waals surface area contributed by atoms with Crippen molar-refractivity contribution in [1.82, 2.24) is 85.0 Å². The molecule has 0 N–H and O–H groups in total. The van der Waals surface area contributed by atoms with Gasteiger partial charge in [0.2, 0.25) is 0 Å². The Labute approximate surface area is 732 Å². The second-order valence-corrected chi connectivity index (χ2v) is 44.2. The molecule has 0 aliphatic heterocycles. The third kappa shape index (κ3) is 29.9. The van der Waals surface area contributed by atoms with Crippen LogP contribution in [0.3, 0.4) is 0 Å². The van der Waals surface area contributed by atoms with Crippen molar-refractivity contribution in [3.05, 3.63) is 274 Å². The minimum absolute atomic E-state index is 0. The molecule has 0 unspecified atom stereocenters. The first kappa shape index (κ1) is 96.5. The van der Waals surface area contributed by atoms with E-state index in [0.29, 0.717) is 51.3 Å². The van der Waals surface area contributed by atoms with Crippen LogP contribution in [0.5, 0.6) is 0 Å². The number of hydrogen-bond donors (Lipinski definition) is 0. The van der Waals surface area contributed by atoms with E-state index in [4.69, 9.17) is 0 Å². The Balaban J connectivity index is 0.000000206. The fourth-order valence-corrected chi connectivity index (χ4v) is 22.6. The summed E-state index contributed by atoms with van der Waals surface area (Å²) in [5.41, 5.74) is 10.5. The predicted molar refractivity (Wildman–Crippen MR) is 478 cm³/mol. The smallest absolute Gasteiger partial charge is 0.656 e. The SMILES string of the molecule is C[PH+](C)CC[PH+](C)C.C[PH+](C)CC[PH+](C)C.C[PH+](C)c1ccccc1[PH+](C)C.Cc1n[n-]c(-c2nccc3ccccc23)n1.Fc1cnc(-c2cc3ccccc3[n-]2)c(F)c1.[Os+2].[Os+].[Os+].[Os+].[c-]1c2cccccc-2cc1-c1ccccn1.c1ccc(-c2nc3ncncc3[n-]2)nc1.c1ccc2cc(-c3nc4ncncc4[n-]3)ncc2c1. The van der Waals surface area contributed by atoms with E-state index in [1.165, 1.54) is 42.9 Å². The van der Waals surface area contributed by atoms with Gasteiger partial charge in [0.15, 0.2) is 5.82 Å². The van der Waals surface area contributed by atoms with Crippen molar-refractivity contribution in [2.45, 2.75) is 6.92 Å². The number of imidazole rings is 2. The van der Waals surface area contributed by atoms with Gasteiger partial charge in [0.05, 0.1) is 91.6 Å². The molecular formula is C86H94F2N17Os4P6+6. The van der Waals surface area contributed by atoms with Gasteiger partial charge >= 0.3 is 79.2 Å². The van der Waals surface area contributed by atoms with Gasteiger partial charge in [0.25, 0.3) is 0 Å². The van der Waals surface area contributed by atoms with Gasteiger partial charge in [-0.05, 0) is 126 Å². The fraction of sp³-hybridized carbons (Fsp3) is 0.198. The largest absolute Gasteiger partial charge is 2.00 e. The summed E-state index contributed by atoms with van der Waals surface area (Å²) in [5.74, 6) is 1.04. The summed E-state index contributed by atoms with van der Waals surface area (Å²) < 4.78 is 26.3. The van der Waals surface area contributed by atoms with E-state index in [1.54, 1.807) is 47.7 Å². The molecule has 4 aromatic carbocycles. The molecule has 11 heterocycles. The third-order valence-corrected chi connectivity index (χ3v) is 26.1. The fourth-order valence-electron chi connectivity index (χ4n) is 11.0. The van der Waals surface area contributed by atoms with Gasteiger partial charge in [0.1, 0.15) is 29.1 Å². The van der Waals surface area contributed by atoms with Crippen LogP contribution in [0.25, 0.3) is 123 Å². The monoisotopic (exact) mass is 2360 g/mol. The van der Waals surface area contributed by atoms with E-state index in [0.717, 1.165) is 78.6 Å². The number of nitrogens with zero attached hydrogens (tertiary/aromatic N) is 17. The molecule has 0 spiro atoms. The van der Waals surface area contributed by atoms with Gasteiger partial charge in [-0.15, -0.1) is 46.1 Å². The van der Waals surface area contributed by atoms with E-state index in [2.05, 4.69) is 213 Å². The van der Waals surface area contributed by atoms with Crippen LogP contribution in [0.2, 0.25) is 0 Å². The summed E-state index contributed by atoms with van der Waals surface area (Å²) in [6.07, 6.45) is 20.5. The van der Waals surface area contributed by atoms with Crippen LogP contribution in [0.15, 0.2) is 250 Å². The Morgan fingerprint density at radius 1 is 0.383 bits per heavy atom. The molecule has 29 heteroatoms. The molecule has 17 rings (SSSR count). The van der Waals surface area contributed by atoms with Crippen LogP contribution in [0, 0.1) is 24.6 Å². The summed E-state index contributed by atoms with van der Waals surface area (Å²) in [5, 5.41) is 16.5. The molecule has 0 atom stereocenters. The number of halogens is 2. The van der Waals surface area contributed by atoms with E-state index in [9.17, 15) is 8.78 Å². The van der Waals surface area contributed by atoms with Crippen molar-refractivity contribution in [3.8, 4) is 68.3 Å².